The zero-order chi connectivity index (χ0) is 24.2. The van der Waals surface area contributed by atoms with Crippen molar-refractivity contribution in [3.8, 4) is 0 Å². The maximum atomic E-state index is 13.1. The Morgan fingerprint density at radius 1 is 1.29 bits per heavy atom. The van der Waals surface area contributed by atoms with Crippen LogP contribution in [0.25, 0.3) is 16.6 Å². The SMILES string of the molecule is CC/C=C(\CC(CC)N(C)C(=O)c1ccc(Cl)nc1)c1cc(NC(=O)C2CC2)nc2[nH]ccc12. The Bertz CT molecular complexity index is 1210. The third-order valence-corrected chi connectivity index (χ3v) is 6.52. The summed E-state index contributed by atoms with van der Waals surface area (Å²) >= 11 is 5.88. The third kappa shape index (κ3) is 5.30. The summed E-state index contributed by atoms with van der Waals surface area (Å²) in [5.41, 5.74) is 3.38. The molecule has 3 heterocycles. The monoisotopic (exact) mass is 479 g/mol. The predicted octanol–water partition coefficient (Wildman–Crippen LogP) is 5.69. The van der Waals surface area contributed by atoms with Crippen LogP contribution in [-0.4, -0.2) is 44.8 Å². The molecule has 1 fully saturated rings. The van der Waals surface area contributed by atoms with E-state index in [0.29, 0.717) is 23.0 Å². The molecular formula is C26H30ClN5O2. The van der Waals surface area contributed by atoms with Crippen molar-refractivity contribution in [1.82, 2.24) is 19.9 Å². The van der Waals surface area contributed by atoms with Crippen molar-refractivity contribution < 1.29 is 9.59 Å². The first-order valence-corrected chi connectivity index (χ1v) is 12.2. The van der Waals surface area contributed by atoms with Gasteiger partial charge in [-0.15, -0.1) is 0 Å². The first-order valence-electron chi connectivity index (χ1n) is 11.8. The second-order valence-electron chi connectivity index (χ2n) is 8.75. The van der Waals surface area contributed by atoms with Crippen molar-refractivity contribution in [2.24, 2.45) is 5.92 Å². The van der Waals surface area contributed by atoms with Crippen molar-refractivity contribution in [2.75, 3.05) is 12.4 Å². The third-order valence-electron chi connectivity index (χ3n) is 6.29. The van der Waals surface area contributed by atoms with Gasteiger partial charge in [0.15, 0.2) is 0 Å². The van der Waals surface area contributed by atoms with E-state index < -0.39 is 0 Å². The van der Waals surface area contributed by atoms with Crippen molar-refractivity contribution in [1.29, 1.82) is 0 Å². The van der Waals surface area contributed by atoms with E-state index in [1.165, 1.54) is 6.20 Å². The Morgan fingerprint density at radius 3 is 2.74 bits per heavy atom. The number of carbonyl (C=O) groups is 2. The highest BCUT2D eigenvalue weighted by Crippen LogP contribution is 2.33. The summed E-state index contributed by atoms with van der Waals surface area (Å²) in [5.74, 6) is 0.583. The van der Waals surface area contributed by atoms with E-state index in [2.05, 4.69) is 40.2 Å². The lowest BCUT2D eigenvalue weighted by molar-refractivity contribution is -0.117. The van der Waals surface area contributed by atoms with E-state index in [4.69, 9.17) is 11.6 Å². The van der Waals surface area contributed by atoms with E-state index in [1.807, 2.05) is 25.4 Å². The highest BCUT2D eigenvalue weighted by Gasteiger charge is 2.30. The molecule has 0 radical (unpaired) electrons. The maximum absolute atomic E-state index is 13.1. The van der Waals surface area contributed by atoms with E-state index in [1.54, 1.807) is 17.0 Å². The van der Waals surface area contributed by atoms with Crippen LogP contribution in [0.1, 0.15) is 61.9 Å². The molecule has 1 unspecified atom stereocenters. The minimum atomic E-state index is -0.0919. The highest BCUT2D eigenvalue weighted by molar-refractivity contribution is 6.29. The van der Waals surface area contributed by atoms with Gasteiger partial charge in [0.1, 0.15) is 16.6 Å². The molecule has 2 amide bonds. The molecule has 0 aromatic carbocycles. The number of nitrogens with zero attached hydrogens (tertiary/aromatic N) is 3. The molecule has 178 valence electrons. The topological polar surface area (TPSA) is 91.0 Å². The summed E-state index contributed by atoms with van der Waals surface area (Å²) in [4.78, 5) is 39.1. The number of hydrogen-bond acceptors (Lipinski definition) is 4. The van der Waals surface area contributed by atoms with Crippen molar-refractivity contribution in [2.45, 2.75) is 52.0 Å². The second-order valence-corrected chi connectivity index (χ2v) is 9.14. The van der Waals surface area contributed by atoms with Gasteiger partial charge in [-0.1, -0.05) is 31.5 Å². The molecule has 1 aliphatic carbocycles. The number of hydrogen-bond donors (Lipinski definition) is 2. The number of carbonyl (C=O) groups excluding carboxylic acids is 2. The van der Waals surface area contributed by atoms with Crippen LogP contribution in [0.2, 0.25) is 5.15 Å². The molecule has 8 heteroatoms. The van der Waals surface area contributed by atoms with Crippen LogP contribution in [0.4, 0.5) is 5.82 Å². The summed E-state index contributed by atoms with van der Waals surface area (Å²) in [5, 5.41) is 4.33. The van der Waals surface area contributed by atoms with Crippen LogP contribution < -0.4 is 5.32 Å². The fourth-order valence-corrected chi connectivity index (χ4v) is 4.28. The van der Waals surface area contributed by atoms with Crippen LogP contribution >= 0.6 is 11.6 Å². The number of pyridine rings is 2. The number of rotatable bonds is 9. The van der Waals surface area contributed by atoms with Gasteiger partial charge in [-0.05, 0) is 67.5 Å². The summed E-state index contributed by atoms with van der Waals surface area (Å²) in [6, 6.07) is 7.26. The first kappa shape index (κ1) is 24.0. The Morgan fingerprint density at radius 2 is 2.09 bits per heavy atom. The molecule has 1 atom stereocenters. The van der Waals surface area contributed by atoms with Crippen molar-refractivity contribution in [3.05, 3.63) is 59.0 Å². The molecule has 0 aliphatic heterocycles. The minimum absolute atomic E-state index is 0.0207. The standard InChI is InChI=1S/C26H30ClN5O2/c1-4-6-17(13-19(5-2)32(3)26(34)18-9-10-22(27)29-15-18)21-14-23(31-25(33)16-7-8-16)30-24-20(21)11-12-28-24/h6,9-12,14-16,19H,4-5,7-8,13H2,1-3H3,(H2,28,30,31,33)/b17-6+. The summed E-state index contributed by atoms with van der Waals surface area (Å²) in [6.45, 7) is 4.18. The predicted molar refractivity (Wildman–Crippen MR) is 136 cm³/mol. The Hall–Kier alpha value is -3.19. The molecule has 3 aromatic heterocycles. The van der Waals surface area contributed by atoms with Gasteiger partial charge in [-0.25, -0.2) is 9.97 Å². The molecule has 1 aliphatic rings. The largest absolute Gasteiger partial charge is 0.346 e. The minimum Gasteiger partial charge on any atom is -0.346 e. The van der Waals surface area contributed by atoms with E-state index in [0.717, 1.165) is 47.9 Å². The number of anilines is 1. The molecule has 1 saturated carbocycles. The smallest absolute Gasteiger partial charge is 0.255 e. The molecule has 34 heavy (non-hydrogen) atoms. The van der Waals surface area contributed by atoms with Crippen LogP contribution in [0.15, 0.2) is 42.7 Å². The van der Waals surface area contributed by atoms with E-state index in [9.17, 15) is 9.59 Å². The number of nitrogens with one attached hydrogen (secondary N) is 2. The molecule has 2 N–H and O–H groups in total. The van der Waals surface area contributed by atoms with Gasteiger partial charge in [0.2, 0.25) is 5.91 Å². The summed E-state index contributed by atoms with van der Waals surface area (Å²) < 4.78 is 0. The fourth-order valence-electron chi connectivity index (χ4n) is 4.17. The van der Waals surface area contributed by atoms with Gasteiger partial charge < -0.3 is 15.2 Å². The molecule has 0 bridgehead atoms. The number of aromatic amines is 1. The molecular weight excluding hydrogens is 450 g/mol. The Balaban J connectivity index is 1.62. The maximum Gasteiger partial charge on any atom is 0.255 e. The lowest BCUT2D eigenvalue weighted by atomic mass is 9.94. The molecule has 0 saturated heterocycles. The summed E-state index contributed by atoms with van der Waals surface area (Å²) in [6.07, 6.45) is 9.75. The van der Waals surface area contributed by atoms with Crippen molar-refractivity contribution >= 4 is 45.8 Å². The molecule has 3 aromatic rings. The number of halogens is 1. The number of aromatic nitrogens is 3. The lowest BCUT2D eigenvalue weighted by Crippen LogP contribution is -2.37. The van der Waals surface area contributed by atoms with Crippen LogP contribution in [0.5, 0.6) is 0 Å². The van der Waals surface area contributed by atoms with Crippen LogP contribution in [-0.2, 0) is 4.79 Å². The molecule has 4 rings (SSSR count). The Kier molecular flexibility index (Phi) is 7.32. The van der Waals surface area contributed by atoms with E-state index in [-0.39, 0.29) is 23.8 Å². The van der Waals surface area contributed by atoms with Gasteiger partial charge in [-0.3, -0.25) is 9.59 Å². The van der Waals surface area contributed by atoms with Crippen LogP contribution in [0.3, 0.4) is 0 Å². The van der Waals surface area contributed by atoms with Gasteiger partial charge in [0.25, 0.3) is 5.91 Å². The summed E-state index contributed by atoms with van der Waals surface area (Å²) in [7, 11) is 1.83. The van der Waals surface area contributed by atoms with Gasteiger partial charge in [0, 0.05) is 36.8 Å². The Labute approximate surface area is 204 Å². The quantitative estimate of drug-likeness (QED) is 0.385. The zero-order valence-electron chi connectivity index (χ0n) is 19.8. The lowest BCUT2D eigenvalue weighted by Gasteiger charge is -2.29. The average Bonchev–Trinajstić information content (AvgIpc) is 3.59. The number of allylic oxidation sites excluding steroid dienone is 1. The number of fused-ring (bicyclic) bond motifs is 1. The highest BCUT2D eigenvalue weighted by atomic mass is 35.5. The van der Waals surface area contributed by atoms with E-state index >= 15 is 0 Å². The molecule has 7 nitrogen and oxygen atoms in total. The number of H-pyrrole nitrogens is 1. The normalized spacial score (nSPS) is 14.8. The zero-order valence-corrected chi connectivity index (χ0v) is 20.5. The number of amides is 2. The van der Waals surface area contributed by atoms with Gasteiger partial charge in [-0.2, -0.15) is 0 Å². The van der Waals surface area contributed by atoms with Crippen LogP contribution in [0, 0.1) is 5.92 Å². The van der Waals surface area contributed by atoms with Crippen molar-refractivity contribution in [3.63, 3.8) is 0 Å². The second kappa shape index (κ2) is 10.4. The first-order chi connectivity index (χ1) is 16.4. The van der Waals surface area contributed by atoms with Gasteiger partial charge in [0.05, 0.1) is 5.56 Å². The van der Waals surface area contributed by atoms with Gasteiger partial charge >= 0.3 is 0 Å². The molecule has 0 spiro atoms. The average molecular weight is 480 g/mol. The fraction of sp³-hybridized carbons (Fsp3) is 0.385.